The molecule has 6 nitrogen and oxygen atoms in total. The van der Waals surface area contributed by atoms with Crippen LogP contribution in [0.15, 0.2) is 4.99 Å². The summed E-state index contributed by atoms with van der Waals surface area (Å²) in [7, 11) is 0. The number of anilines is 2. The predicted molar refractivity (Wildman–Crippen MR) is 99.2 cm³/mol. The van der Waals surface area contributed by atoms with Gasteiger partial charge in [0.15, 0.2) is 0 Å². The van der Waals surface area contributed by atoms with Crippen LogP contribution in [0.25, 0.3) is 0 Å². The number of nitriles is 1. The quantitative estimate of drug-likeness (QED) is 0.727. The number of nitrogen functional groups attached to an aromatic ring is 2. The highest BCUT2D eigenvalue weighted by molar-refractivity contribution is 7.19. The second-order valence-corrected chi connectivity index (χ2v) is 7.78. The van der Waals surface area contributed by atoms with Crippen molar-refractivity contribution in [2.24, 2.45) is 10.7 Å². The second kappa shape index (κ2) is 6.26. The molecule has 1 aliphatic carbocycles. The van der Waals surface area contributed by atoms with Crippen LogP contribution in [0.3, 0.4) is 0 Å². The number of rotatable bonds is 3. The Kier molecular flexibility index (Phi) is 4.30. The predicted octanol–water partition coefficient (Wildman–Crippen LogP) is 2.96. The Morgan fingerprint density at radius 1 is 1.25 bits per heavy atom. The summed E-state index contributed by atoms with van der Waals surface area (Å²) in [6.45, 7) is 1.80. The van der Waals surface area contributed by atoms with Crippen molar-refractivity contribution in [3.63, 3.8) is 0 Å². The monoisotopic (exact) mass is 359 g/mol. The molecule has 3 rings (SSSR count). The van der Waals surface area contributed by atoms with E-state index in [1.54, 1.807) is 6.92 Å². The summed E-state index contributed by atoms with van der Waals surface area (Å²) in [4.78, 5) is 18.4. The van der Waals surface area contributed by atoms with Crippen LogP contribution < -0.4 is 17.2 Å². The van der Waals surface area contributed by atoms with E-state index in [1.165, 1.54) is 27.6 Å². The molecule has 2 aromatic heterocycles. The molecule has 24 heavy (non-hydrogen) atoms. The average molecular weight is 359 g/mol. The number of fused-ring (bicyclic) bond motifs is 1. The van der Waals surface area contributed by atoms with E-state index in [4.69, 9.17) is 22.5 Å². The average Bonchev–Trinajstić information content (AvgIpc) is 3.04. The van der Waals surface area contributed by atoms with Crippen LogP contribution in [0.5, 0.6) is 0 Å². The molecule has 0 spiro atoms. The zero-order valence-electron chi connectivity index (χ0n) is 13.2. The molecule has 0 unspecified atom stereocenters. The lowest BCUT2D eigenvalue weighted by Crippen LogP contribution is -2.14. The fraction of sp³-hybridized carbons (Fsp3) is 0.312. The number of nitrogens with two attached hydrogens (primary N) is 3. The van der Waals surface area contributed by atoms with Gasteiger partial charge >= 0.3 is 0 Å². The largest absolute Gasteiger partial charge is 0.396 e. The molecule has 0 aliphatic heterocycles. The third kappa shape index (κ3) is 2.66. The Morgan fingerprint density at radius 2 is 1.96 bits per heavy atom. The topological polar surface area (TPSA) is 131 Å². The van der Waals surface area contributed by atoms with E-state index in [9.17, 15) is 4.79 Å². The smallest absolute Gasteiger partial charge is 0.252 e. The molecule has 0 fully saturated rings. The standard InChI is InChI=1S/C16H17N5OS2/c1-7(13-12(18)9(6-17)15(20)24-13)21-16-11(14(19)22)8-4-2-3-5-10(8)23-16/h2-5,18,20H2,1H3,(H2,19,22)/b21-7+. The fourth-order valence-corrected chi connectivity index (χ4v) is 5.13. The number of aryl methyl sites for hydroxylation is 1. The zero-order chi connectivity index (χ0) is 17.4. The summed E-state index contributed by atoms with van der Waals surface area (Å²) in [5.74, 6) is -0.447. The van der Waals surface area contributed by atoms with Crippen molar-refractivity contribution in [3.8, 4) is 6.07 Å². The Bertz CT molecular complexity index is 901. The number of thiophene rings is 2. The van der Waals surface area contributed by atoms with E-state index in [0.717, 1.165) is 31.2 Å². The van der Waals surface area contributed by atoms with Gasteiger partial charge in [0.1, 0.15) is 21.6 Å². The lowest BCUT2D eigenvalue weighted by atomic mass is 9.95. The molecule has 0 bridgehead atoms. The molecule has 124 valence electrons. The van der Waals surface area contributed by atoms with Gasteiger partial charge in [0.05, 0.1) is 21.8 Å². The summed E-state index contributed by atoms with van der Waals surface area (Å²) in [5, 5.41) is 10.1. The summed E-state index contributed by atoms with van der Waals surface area (Å²) in [6.07, 6.45) is 4.01. The van der Waals surface area contributed by atoms with Crippen LogP contribution in [-0.2, 0) is 12.8 Å². The molecule has 2 heterocycles. The molecule has 8 heteroatoms. The third-order valence-corrected chi connectivity index (χ3v) is 6.41. The lowest BCUT2D eigenvalue weighted by Gasteiger charge is -2.10. The molecule has 0 aromatic carbocycles. The second-order valence-electron chi connectivity index (χ2n) is 5.65. The Hall–Kier alpha value is -2.37. The van der Waals surface area contributed by atoms with Gasteiger partial charge in [-0.3, -0.25) is 4.79 Å². The number of hydrogen-bond acceptors (Lipinski definition) is 7. The van der Waals surface area contributed by atoms with Crippen molar-refractivity contribution in [1.82, 2.24) is 0 Å². The minimum absolute atomic E-state index is 0.283. The van der Waals surface area contributed by atoms with Gasteiger partial charge in [0, 0.05) is 4.88 Å². The minimum atomic E-state index is -0.447. The molecule has 6 N–H and O–H groups in total. The van der Waals surface area contributed by atoms with Crippen LogP contribution >= 0.6 is 22.7 Å². The maximum absolute atomic E-state index is 11.9. The Balaban J connectivity index is 2.10. The van der Waals surface area contributed by atoms with E-state index in [0.29, 0.717) is 31.8 Å². The molecule has 0 atom stereocenters. The fourth-order valence-electron chi connectivity index (χ4n) is 2.93. The molecule has 0 saturated heterocycles. The Labute approximate surface area is 147 Å². The van der Waals surface area contributed by atoms with Crippen molar-refractivity contribution in [2.75, 3.05) is 11.5 Å². The molecule has 1 aliphatic rings. The van der Waals surface area contributed by atoms with Crippen molar-refractivity contribution in [1.29, 1.82) is 5.26 Å². The first-order valence-electron chi connectivity index (χ1n) is 7.51. The highest BCUT2D eigenvalue weighted by atomic mass is 32.1. The maximum atomic E-state index is 11.9. The molecular weight excluding hydrogens is 342 g/mol. The number of carbonyl (C=O) groups excluding carboxylic acids is 1. The van der Waals surface area contributed by atoms with Gasteiger partial charge < -0.3 is 17.2 Å². The van der Waals surface area contributed by atoms with Gasteiger partial charge in [-0.15, -0.1) is 22.7 Å². The molecule has 0 radical (unpaired) electrons. The van der Waals surface area contributed by atoms with Gasteiger partial charge in [0.25, 0.3) is 5.91 Å². The molecule has 1 amide bonds. The van der Waals surface area contributed by atoms with E-state index < -0.39 is 5.91 Å². The number of nitrogens with zero attached hydrogens (tertiary/aromatic N) is 2. The van der Waals surface area contributed by atoms with E-state index in [-0.39, 0.29) is 5.56 Å². The Morgan fingerprint density at radius 3 is 2.58 bits per heavy atom. The van der Waals surface area contributed by atoms with Gasteiger partial charge in [-0.25, -0.2) is 4.99 Å². The lowest BCUT2D eigenvalue weighted by molar-refractivity contribution is 0.100. The molecule has 0 saturated carbocycles. The summed E-state index contributed by atoms with van der Waals surface area (Å²) < 4.78 is 0. The van der Waals surface area contributed by atoms with Gasteiger partial charge in [0.2, 0.25) is 0 Å². The van der Waals surface area contributed by atoms with Crippen LogP contribution in [0, 0.1) is 11.3 Å². The highest BCUT2D eigenvalue weighted by Crippen LogP contribution is 2.41. The first-order valence-corrected chi connectivity index (χ1v) is 9.15. The first-order chi connectivity index (χ1) is 11.4. The molecule has 2 aromatic rings. The number of amides is 1. The summed E-state index contributed by atoms with van der Waals surface area (Å²) in [6, 6.07) is 2.01. The van der Waals surface area contributed by atoms with E-state index in [1.807, 2.05) is 6.07 Å². The zero-order valence-corrected chi connectivity index (χ0v) is 14.8. The number of primary amides is 1. The van der Waals surface area contributed by atoms with Crippen molar-refractivity contribution < 1.29 is 4.79 Å². The maximum Gasteiger partial charge on any atom is 0.252 e. The summed E-state index contributed by atoms with van der Waals surface area (Å²) in [5.41, 5.74) is 20.2. The van der Waals surface area contributed by atoms with Crippen LogP contribution in [-0.4, -0.2) is 11.6 Å². The summed E-state index contributed by atoms with van der Waals surface area (Å²) >= 11 is 2.75. The SMILES string of the molecule is C/C(=N\c1sc2c(c1C(N)=O)CCCC2)c1sc(N)c(C#N)c1N. The number of hydrogen-bond donors (Lipinski definition) is 3. The third-order valence-electron chi connectivity index (χ3n) is 4.08. The van der Waals surface area contributed by atoms with Crippen LogP contribution in [0.1, 0.15) is 51.0 Å². The highest BCUT2D eigenvalue weighted by Gasteiger charge is 2.24. The van der Waals surface area contributed by atoms with Gasteiger partial charge in [-0.1, -0.05) is 0 Å². The minimum Gasteiger partial charge on any atom is -0.396 e. The van der Waals surface area contributed by atoms with Crippen LogP contribution in [0.2, 0.25) is 0 Å². The van der Waals surface area contributed by atoms with Crippen LogP contribution in [0.4, 0.5) is 15.7 Å². The van der Waals surface area contributed by atoms with Gasteiger partial charge in [-0.05, 0) is 38.2 Å². The van der Waals surface area contributed by atoms with E-state index >= 15 is 0 Å². The van der Waals surface area contributed by atoms with Crippen molar-refractivity contribution in [3.05, 3.63) is 26.4 Å². The molecular formula is C16H17N5OS2. The van der Waals surface area contributed by atoms with E-state index in [2.05, 4.69) is 4.99 Å². The van der Waals surface area contributed by atoms with Gasteiger partial charge in [-0.2, -0.15) is 5.26 Å². The number of carbonyl (C=O) groups is 1. The first kappa shape index (κ1) is 16.5. The number of aliphatic imine (C=N–C) groups is 1. The van der Waals surface area contributed by atoms with Crippen molar-refractivity contribution >= 4 is 50.0 Å². The normalized spacial score (nSPS) is 14.2. The van der Waals surface area contributed by atoms with Crippen molar-refractivity contribution in [2.45, 2.75) is 32.6 Å².